The number of nitrogens with one attached hydrogen (secondary N) is 2. The highest BCUT2D eigenvalue weighted by atomic mass is 127. The maximum absolute atomic E-state index is 4.47. The van der Waals surface area contributed by atoms with Crippen molar-refractivity contribution in [3.8, 4) is 0 Å². The molecule has 0 saturated carbocycles. The lowest BCUT2D eigenvalue weighted by atomic mass is 9.89. The Bertz CT molecular complexity index is 528. The van der Waals surface area contributed by atoms with Gasteiger partial charge in [0.25, 0.3) is 0 Å². The van der Waals surface area contributed by atoms with E-state index < -0.39 is 0 Å². The van der Waals surface area contributed by atoms with Crippen molar-refractivity contribution < 1.29 is 0 Å². The Kier molecular flexibility index (Phi) is 9.92. The minimum atomic E-state index is 0. The predicted molar refractivity (Wildman–Crippen MR) is 114 cm³/mol. The van der Waals surface area contributed by atoms with Gasteiger partial charge < -0.3 is 10.6 Å². The van der Waals surface area contributed by atoms with Crippen LogP contribution in [0.25, 0.3) is 0 Å². The largest absolute Gasteiger partial charge is 0.356 e. The molecule has 1 rings (SSSR count). The van der Waals surface area contributed by atoms with Crippen LogP contribution in [0.5, 0.6) is 0 Å². The van der Waals surface area contributed by atoms with Gasteiger partial charge in [-0.1, -0.05) is 20.8 Å². The molecule has 0 spiro atoms. The van der Waals surface area contributed by atoms with E-state index in [9.17, 15) is 0 Å². The van der Waals surface area contributed by atoms with Gasteiger partial charge in [0.05, 0.1) is 5.69 Å². The van der Waals surface area contributed by atoms with E-state index in [1.54, 1.807) is 0 Å². The number of nitrogens with zero attached hydrogens (tertiary/aromatic N) is 3. The molecule has 0 aliphatic carbocycles. The Morgan fingerprint density at radius 1 is 1.29 bits per heavy atom. The Balaban J connectivity index is 0.00000529. The molecule has 0 aliphatic rings. The number of aryl methyl sites for hydroxylation is 2. The SMILES string of the molecule is CN=C(NCCc1c(C)nn(C)c1C)NC(C)CCC(C)(C)C.I. The summed E-state index contributed by atoms with van der Waals surface area (Å²) in [5.41, 5.74) is 4.07. The molecule has 6 heteroatoms. The Morgan fingerprint density at radius 2 is 1.92 bits per heavy atom. The summed E-state index contributed by atoms with van der Waals surface area (Å²) < 4.78 is 1.95. The summed E-state index contributed by atoms with van der Waals surface area (Å²) >= 11 is 0. The maximum Gasteiger partial charge on any atom is 0.191 e. The fraction of sp³-hybridized carbons (Fsp3) is 0.778. The third-order valence-corrected chi connectivity index (χ3v) is 4.26. The second-order valence-corrected chi connectivity index (χ2v) is 7.67. The molecular weight excluding hydrogens is 413 g/mol. The van der Waals surface area contributed by atoms with Crippen molar-refractivity contribution in [1.82, 2.24) is 20.4 Å². The van der Waals surface area contributed by atoms with Gasteiger partial charge in [0, 0.05) is 32.4 Å². The van der Waals surface area contributed by atoms with Gasteiger partial charge in [0.1, 0.15) is 0 Å². The molecule has 0 saturated heterocycles. The molecule has 140 valence electrons. The standard InChI is InChI=1S/C18H35N5.HI/c1-13(9-11-18(4,5)6)21-17(19-7)20-12-10-16-14(2)22-23(8)15(16)3;/h13H,9-12H2,1-8H3,(H2,19,20,21);1H. The molecule has 0 aromatic carbocycles. The van der Waals surface area contributed by atoms with Gasteiger partial charge >= 0.3 is 0 Å². The van der Waals surface area contributed by atoms with Gasteiger partial charge in [-0.2, -0.15) is 5.10 Å². The number of halogens is 1. The minimum absolute atomic E-state index is 0. The van der Waals surface area contributed by atoms with Gasteiger partial charge in [-0.25, -0.2) is 0 Å². The van der Waals surface area contributed by atoms with Gasteiger partial charge in [-0.15, -0.1) is 24.0 Å². The molecular formula is C18H36IN5. The quantitative estimate of drug-likeness (QED) is 0.397. The smallest absolute Gasteiger partial charge is 0.191 e. The van der Waals surface area contributed by atoms with E-state index in [2.05, 4.69) is 62.3 Å². The highest BCUT2D eigenvalue weighted by Crippen LogP contribution is 2.21. The van der Waals surface area contributed by atoms with E-state index in [0.717, 1.165) is 31.0 Å². The van der Waals surface area contributed by atoms with E-state index in [0.29, 0.717) is 11.5 Å². The van der Waals surface area contributed by atoms with Crippen molar-refractivity contribution in [2.24, 2.45) is 17.5 Å². The highest BCUT2D eigenvalue weighted by molar-refractivity contribution is 14.0. The summed E-state index contributed by atoms with van der Waals surface area (Å²) in [6, 6.07) is 0.419. The number of hydrogen-bond acceptors (Lipinski definition) is 2. The van der Waals surface area contributed by atoms with Crippen molar-refractivity contribution in [3.05, 3.63) is 17.0 Å². The number of rotatable bonds is 6. The first kappa shape index (κ1) is 23.2. The van der Waals surface area contributed by atoms with Gasteiger partial charge in [-0.3, -0.25) is 9.67 Å². The lowest BCUT2D eigenvalue weighted by Crippen LogP contribution is -2.43. The van der Waals surface area contributed by atoms with E-state index in [1.807, 2.05) is 18.8 Å². The van der Waals surface area contributed by atoms with Crippen LogP contribution < -0.4 is 10.6 Å². The average Bonchev–Trinajstić information content (AvgIpc) is 2.69. The van der Waals surface area contributed by atoms with Crippen molar-refractivity contribution in [1.29, 1.82) is 0 Å². The van der Waals surface area contributed by atoms with Crippen LogP contribution >= 0.6 is 24.0 Å². The second-order valence-electron chi connectivity index (χ2n) is 7.67. The van der Waals surface area contributed by atoms with Crippen LogP contribution in [0.2, 0.25) is 0 Å². The van der Waals surface area contributed by atoms with Crippen molar-refractivity contribution >= 4 is 29.9 Å². The third-order valence-electron chi connectivity index (χ3n) is 4.26. The topological polar surface area (TPSA) is 54.2 Å². The molecule has 24 heavy (non-hydrogen) atoms. The summed E-state index contributed by atoms with van der Waals surface area (Å²) in [6.07, 6.45) is 3.31. The lowest BCUT2D eigenvalue weighted by molar-refractivity contribution is 0.346. The molecule has 0 radical (unpaired) electrons. The Morgan fingerprint density at radius 3 is 2.38 bits per heavy atom. The molecule has 0 fully saturated rings. The lowest BCUT2D eigenvalue weighted by Gasteiger charge is -2.23. The first-order valence-corrected chi connectivity index (χ1v) is 8.60. The van der Waals surface area contributed by atoms with Crippen molar-refractivity contribution in [2.45, 2.75) is 66.8 Å². The van der Waals surface area contributed by atoms with Crippen LogP contribution in [-0.4, -0.2) is 35.4 Å². The van der Waals surface area contributed by atoms with E-state index >= 15 is 0 Å². The van der Waals surface area contributed by atoms with Crippen molar-refractivity contribution in [3.63, 3.8) is 0 Å². The van der Waals surface area contributed by atoms with Crippen LogP contribution in [0, 0.1) is 19.3 Å². The van der Waals surface area contributed by atoms with E-state index in [4.69, 9.17) is 0 Å². The normalized spacial score (nSPS) is 13.4. The third kappa shape index (κ3) is 7.85. The number of hydrogen-bond donors (Lipinski definition) is 2. The Hall–Kier alpha value is -0.790. The summed E-state index contributed by atoms with van der Waals surface area (Å²) in [4.78, 5) is 4.33. The molecule has 1 unspecified atom stereocenters. The summed E-state index contributed by atoms with van der Waals surface area (Å²) in [5.74, 6) is 0.880. The van der Waals surface area contributed by atoms with Crippen LogP contribution in [0.15, 0.2) is 4.99 Å². The van der Waals surface area contributed by atoms with Crippen LogP contribution in [0.3, 0.4) is 0 Å². The fourth-order valence-electron chi connectivity index (χ4n) is 2.63. The van der Waals surface area contributed by atoms with Gasteiger partial charge in [-0.05, 0) is 51.0 Å². The summed E-state index contributed by atoms with van der Waals surface area (Å²) in [6.45, 7) is 14.1. The maximum atomic E-state index is 4.47. The molecule has 0 aliphatic heterocycles. The number of aromatic nitrogens is 2. The monoisotopic (exact) mass is 449 g/mol. The first-order chi connectivity index (χ1) is 10.6. The zero-order chi connectivity index (χ0) is 17.6. The van der Waals surface area contributed by atoms with Gasteiger partial charge in [0.2, 0.25) is 0 Å². The predicted octanol–water partition coefficient (Wildman–Crippen LogP) is 3.58. The van der Waals surface area contributed by atoms with Crippen LogP contribution in [0.4, 0.5) is 0 Å². The zero-order valence-electron chi connectivity index (χ0n) is 16.7. The zero-order valence-corrected chi connectivity index (χ0v) is 19.0. The second kappa shape index (κ2) is 10.3. The molecule has 1 aromatic heterocycles. The first-order valence-electron chi connectivity index (χ1n) is 8.60. The molecule has 5 nitrogen and oxygen atoms in total. The van der Waals surface area contributed by atoms with Crippen molar-refractivity contribution in [2.75, 3.05) is 13.6 Å². The van der Waals surface area contributed by atoms with E-state index in [1.165, 1.54) is 17.7 Å². The molecule has 1 aromatic rings. The number of aliphatic imine (C=N–C) groups is 1. The molecule has 0 amide bonds. The average molecular weight is 449 g/mol. The minimum Gasteiger partial charge on any atom is -0.356 e. The van der Waals surface area contributed by atoms with Crippen LogP contribution in [-0.2, 0) is 13.5 Å². The van der Waals surface area contributed by atoms with E-state index in [-0.39, 0.29) is 24.0 Å². The van der Waals surface area contributed by atoms with Gasteiger partial charge in [0.15, 0.2) is 5.96 Å². The molecule has 0 bridgehead atoms. The fourth-order valence-corrected chi connectivity index (χ4v) is 2.63. The molecule has 1 heterocycles. The summed E-state index contributed by atoms with van der Waals surface area (Å²) in [5, 5.41) is 11.4. The van der Waals surface area contributed by atoms with Crippen LogP contribution in [0.1, 0.15) is 57.5 Å². The molecule has 1 atom stereocenters. The Labute approximate surface area is 165 Å². The molecule has 2 N–H and O–H groups in total. The summed E-state index contributed by atoms with van der Waals surface area (Å²) in [7, 11) is 3.82. The highest BCUT2D eigenvalue weighted by Gasteiger charge is 2.13. The number of guanidine groups is 1.